The van der Waals surface area contributed by atoms with Gasteiger partial charge in [0.05, 0.1) is 24.5 Å². The summed E-state index contributed by atoms with van der Waals surface area (Å²) in [5, 5.41) is 9.60. The van der Waals surface area contributed by atoms with E-state index in [9.17, 15) is 19.5 Å². The first-order valence-electron chi connectivity index (χ1n) is 14.2. The van der Waals surface area contributed by atoms with Crippen LogP contribution in [0.15, 0.2) is 25.3 Å². The second-order valence-corrected chi connectivity index (χ2v) is 14.2. The van der Waals surface area contributed by atoms with E-state index in [-0.39, 0.29) is 41.8 Å². The van der Waals surface area contributed by atoms with Crippen LogP contribution >= 0.6 is 15.9 Å². The molecule has 9 heteroatoms. The molecule has 0 saturated carbocycles. The summed E-state index contributed by atoms with van der Waals surface area (Å²) < 4.78 is 12.2. The fraction of sp³-hybridized carbons (Fsp3) is 0.767. The smallest absolute Gasteiger partial charge is 0.312 e. The van der Waals surface area contributed by atoms with Gasteiger partial charge in [0.15, 0.2) is 0 Å². The molecule has 6 atom stereocenters. The van der Waals surface area contributed by atoms with E-state index in [0.29, 0.717) is 25.8 Å². The zero-order valence-corrected chi connectivity index (χ0v) is 25.9. The molecule has 0 aromatic heterocycles. The number of allylic oxidation sites excluding steroid dienone is 1. The number of aliphatic hydroxyl groups is 1. The number of nitrogens with zero attached hydrogens (tertiary/aromatic N) is 2. The Kier molecular flexibility index (Phi) is 10.1. The Bertz CT molecular complexity index is 946. The van der Waals surface area contributed by atoms with Gasteiger partial charge in [-0.15, -0.1) is 13.2 Å². The molecule has 3 saturated heterocycles. The van der Waals surface area contributed by atoms with Gasteiger partial charge >= 0.3 is 5.97 Å². The molecule has 3 heterocycles. The monoisotopic (exact) mass is 610 g/mol. The van der Waals surface area contributed by atoms with E-state index in [1.54, 1.807) is 15.9 Å². The Labute approximate surface area is 242 Å². The van der Waals surface area contributed by atoms with Gasteiger partial charge in [-0.25, -0.2) is 0 Å². The van der Waals surface area contributed by atoms with Crippen molar-refractivity contribution in [3.8, 4) is 0 Å². The van der Waals surface area contributed by atoms with E-state index in [1.807, 2.05) is 19.9 Å². The van der Waals surface area contributed by atoms with E-state index >= 15 is 0 Å². The summed E-state index contributed by atoms with van der Waals surface area (Å²) in [6, 6.07) is -0.906. The second kappa shape index (κ2) is 12.4. The van der Waals surface area contributed by atoms with Gasteiger partial charge < -0.3 is 24.4 Å². The molecule has 39 heavy (non-hydrogen) atoms. The molecule has 3 aliphatic rings. The van der Waals surface area contributed by atoms with Gasteiger partial charge in [-0.3, -0.25) is 14.4 Å². The van der Waals surface area contributed by atoms with Crippen molar-refractivity contribution in [1.82, 2.24) is 9.80 Å². The summed E-state index contributed by atoms with van der Waals surface area (Å²) in [7, 11) is 0. The third-order valence-corrected chi connectivity index (χ3v) is 9.02. The first kappa shape index (κ1) is 31.8. The molecule has 3 rings (SSSR count). The van der Waals surface area contributed by atoms with Crippen molar-refractivity contribution in [2.24, 2.45) is 17.3 Å². The summed E-state index contributed by atoms with van der Waals surface area (Å²) in [5.74, 6) is -2.53. The lowest BCUT2D eigenvalue weighted by Crippen LogP contribution is -2.61. The number of carbonyl (C=O) groups is 3. The number of rotatable bonds is 14. The average Bonchev–Trinajstić information content (AvgIpc) is 3.42. The Morgan fingerprint density at radius 3 is 2.49 bits per heavy atom. The maximum atomic E-state index is 14.6. The molecular formula is C30H47BrN2O6. The fourth-order valence-electron chi connectivity index (χ4n) is 7.12. The largest absolute Gasteiger partial charge is 0.465 e. The predicted molar refractivity (Wildman–Crippen MR) is 154 cm³/mol. The van der Waals surface area contributed by atoms with Gasteiger partial charge in [-0.1, -0.05) is 48.9 Å². The Morgan fingerprint density at radius 2 is 1.90 bits per heavy atom. The van der Waals surface area contributed by atoms with Crippen molar-refractivity contribution < 1.29 is 29.0 Å². The van der Waals surface area contributed by atoms with Gasteiger partial charge in [0.1, 0.15) is 11.6 Å². The Hall–Kier alpha value is -1.71. The number of unbranched alkanes of at least 4 members (excludes halogenated alkanes) is 2. The van der Waals surface area contributed by atoms with Crippen LogP contribution in [-0.2, 0) is 23.9 Å². The second-order valence-electron chi connectivity index (χ2n) is 13.0. The number of fused-ring (bicyclic) bond motifs is 1. The summed E-state index contributed by atoms with van der Waals surface area (Å²) in [6.45, 7) is 18.8. The van der Waals surface area contributed by atoms with Crippen LogP contribution in [-0.4, -0.2) is 87.1 Å². The van der Waals surface area contributed by atoms with Crippen LogP contribution in [0.4, 0.5) is 0 Å². The van der Waals surface area contributed by atoms with Gasteiger partial charge in [-0.2, -0.15) is 0 Å². The standard InChI is InChI=1S/C30H47BrN2O6/c1-8-10-11-12-17-38-27(37)21-22-25(35)32(15-13-16-34)24(30(22)18-20(31)23(21)39-30)26(36)33(14-9-2)29(6,7)19-28(3,4)5/h8-9,20-24,34H,1-2,10-19H2,3-7H3/t20?,21-,22-,23-,24?,30?/m0/s1. The van der Waals surface area contributed by atoms with Crippen LogP contribution in [0.3, 0.4) is 0 Å². The number of aliphatic hydroxyl groups excluding tert-OH is 1. The topological polar surface area (TPSA) is 96.4 Å². The SMILES string of the molecule is C=CCCCCOC(=O)[C@H]1[C@H]2C(=O)N(CCCO)C(C(=O)N(CC=C)C(C)(C)CC(C)(C)C)C23CC(Br)[C@@H]1O3. The van der Waals surface area contributed by atoms with E-state index in [4.69, 9.17) is 9.47 Å². The minimum Gasteiger partial charge on any atom is -0.465 e. The first-order valence-corrected chi connectivity index (χ1v) is 15.1. The van der Waals surface area contributed by atoms with Gasteiger partial charge in [0, 0.05) is 30.1 Å². The van der Waals surface area contributed by atoms with Gasteiger partial charge in [-0.05, 0) is 57.8 Å². The minimum absolute atomic E-state index is 0.0457. The zero-order valence-electron chi connectivity index (χ0n) is 24.3. The number of alkyl halides is 1. The zero-order chi connectivity index (χ0) is 29.2. The molecule has 8 nitrogen and oxygen atoms in total. The number of halogens is 1. The van der Waals surface area contributed by atoms with Gasteiger partial charge in [0.2, 0.25) is 11.8 Å². The Morgan fingerprint density at radius 1 is 1.21 bits per heavy atom. The molecule has 1 spiro atoms. The number of ether oxygens (including phenoxy) is 2. The van der Waals surface area contributed by atoms with Crippen LogP contribution in [0.2, 0.25) is 0 Å². The van der Waals surface area contributed by atoms with Crippen LogP contribution in [0, 0.1) is 17.3 Å². The summed E-state index contributed by atoms with van der Waals surface area (Å²) in [4.78, 5) is 45.1. The van der Waals surface area contributed by atoms with E-state index in [2.05, 4.69) is 49.9 Å². The number of amides is 2. The molecule has 0 aromatic rings. The molecule has 3 unspecified atom stereocenters. The third kappa shape index (κ3) is 6.30. The fourth-order valence-corrected chi connectivity index (χ4v) is 8.07. The number of carbonyl (C=O) groups excluding carboxylic acids is 3. The van der Waals surface area contributed by atoms with Crippen LogP contribution < -0.4 is 0 Å². The van der Waals surface area contributed by atoms with Gasteiger partial charge in [0.25, 0.3) is 0 Å². The minimum atomic E-state index is -1.15. The highest BCUT2D eigenvalue weighted by molar-refractivity contribution is 9.09. The number of esters is 1. The molecular weight excluding hydrogens is 564 g/mol. The molecule has 3 aliphatic heterocycles. The van der Waals surface area contributed by atoms with E-state index in [0.717, 1.165) is 19.3 Å². The summed E-state index contributed by atoms with van der Waals surface area (Å²) >= 11 is 3.70. The number of hydrogen-bond donors (Lipinski definition) is 1. The lowest BCUT2D eigenvalue weighted by Gasteiger charge is -2.45. The van der Waals surface area contributed by atoms with Crippen molar-refractivity contribution in [1.29, 1.82) is 0 Å². The number of likely N-dealkylation sites (tertiary alicyclic amines) is 1. The quantitative estimate of drug-likeness (QED) is 0.137. The Balaban J connectivity index is 1.98. The van der Waals surface area contributed by atoms with Crippen molar-refractivity contribution in [3.05, 3.63) is 25.3 Å². The maximum absolute atomic E-state index is 14.6. The average molecular weight is 612 g/mol. The van der Waals surface area contributed by atoms with E-state index in [1.165, 1.54) is 0 Å². The van der Waals surface area contributed by atoms with Crippen LogP contribution in [0.5, 0.6) is 0 Å². The lowest BCUT2D eigenvalue weighted by atomic mass is 9.70. The highest BCUT2D eigenvalue weighted by atomic mass is 79.9. The number of hydrogen-bond acceptors (Lipinski definition) is 6. The van der Waals surface area contributed by atoms with Crippen molar-refractivity contribution in [3.63, 3.8) is 0 Å². The highest BCUT2D eigenvalue weighted by Crippen LogP contribution is 2.60. The molecule has 1 N–H and O–H groups in total. The lowest BCUT2D eigenvalue weighted by molar-refractivity contribution is -0.156. The molecule has 0 aliphatic carbocycles. The molecule has 3 fully saturated rings. The predicted octanol–water partition coefficient (Wildman–Crippen LogP) is 4.25. The first-order chi connectivity index (χ1) is 18.3. The highest BCUT2D eigenvalue weighted by Gasteiger charge is 2.77. The maximum Gasteiger partial charge on any atom is 0.312 e. The summed E-state index contributed by atoms with van der Waals surface area (Å²) in [5.41, 5.74) is -1.72. The molecule has 2 amide bonds. The normalized spacial score (nSPS) is 29.9. The van der Waals surface area contributed by atoms with Crippen LogP contribution in [0.1, 0.15) is 73.1 Å². The molecule has 0 radical (unpaired) electrons. The van der Waals surface area contributed by atoms with Crippen LogP contribution in [0.25, 0.3) is 0 Å². The molecule has 0 aromatic carbocycles. The van der Waals surface area contributed by atoms with E-state index < -0.39 is 41.1 Å². The van der Waals surface area contributed by atoms with Crippen molar-refractivity contribution in [2.75, 3.05) is 26.3 Å². The molecule has 2 bridgehead atoms. The molecule has 220 valence electrons. The van der Waals surface area contributed by atoms with Crippen molar-refractivity contribution >= 4 is 33.7 Å². The summed E-state index contributed by atoms with van der Waals surface area (Å²) in [6.07, 6.45) is 6.90. The van der Waals surface area contributed by atoms with Crippen molar-refractivity contribution in [2.45, 2.75) is 101 Å². The third-order valence-electron chi connectivity index (χ3n) is 8.17.